The lowest BCUT2D eigenvalue weighted by atomic mass is 10.0. The van der Waals surface area contributed by atoms with Crippen molar-refractivity contribution in [2.45, 2.75) is 19.9 Å². The molecular weight excluding hydrogens is 196 g/mol. The Kier molecular flexibility index (Phi) is 4.56. The molecule has 0 aliphatic carbocycles. The summed E-state index contributed by atoms with van der Waals surface area (Å²) in [5.41, 5.74) is 3.87. The van der Waals surface area contributed by atoms with E-state index in [0.717, 1.165) is 0 Å². The summed E-state index contributed by atoms with van der Waals surface area (Å²) in [4.78, 5) is 2.12. The van der Waals surface area contributed by atoms with Crippen molar-refractivity contribution in [2.24, 2.45) is 0 Å². The zero-order valence-electron chi connectivity index (χ0n) is 10.9. The van der Waals surface area contributed by atoms with Crippen LogP contribution >= 0.6 is 0 Å². The lowest BCUT2D eigenvalue weighted by Gasteiger charge is -2.17. The minimum Gasteiger partial charge on any atom is -0.378 e. The Hall–Kier alpha value is -1.28. The van der Waals surface area contributed by atoms with Gasteiger partial charge in [-0.15, -0.1) is 0 Å². The smallest absolute Gasteiger partial charge is 0.0507 e. The number of hydrogen-bond donors (Lipinski definition) is 1. The van der Waals surface area contributed by atoms with Crippen LogP contribution in [-0.2, 0) is 0 Å². The summed E-state index contributed by atoms with van der Waals surface area (Å²) in [5.74, 6) is 0. The van der Waals surface area contributed by atoms with E-state index in [9.17, 15) is 0 Å². The third-order valence-electron chi connectivity index (χ3n) is 2.56. The van der Waals surface area contributed by atoms with Crippen LogP contribution in [0.2, 0.25) is 0 Å². The van der Waals surface area contributed by atoms with Gasteiger partial charge in [-0.3, -0.25) is 0 Å². The van der Waals surface area contributed by atoms with Crippen molar-refractivity contribution in [3.8, 4) is 0 Å². The fourth-order valence-corrected chi connectivity index (χ4v) is 1.68. The molecule has 88 valence electrons. The van der Waals surface area contributed by atoms with E-state index >= 15 is 0 Å². The molecular formula is C14H22N2. The average Bonchev–Trinajstić information content (AvgIpc) is 2.25. The van der Waals surface area contributed by atoms with Gasteiger partial charge in [0.1, 0.15) is 0 Å². The molecule has 0 aliphatic rings. The zero-order chi connectivity index (χ0) is 12.1. The van der Waals surface area contributed by atoms with Gasteiger partial charge in [-0.2, -0.15) is 0 Å². The van der Waals surface area contributed by atoms with E-state index in [4.69, 9.17) is 0 Å². The third-order valence-corrected chi connectivity index (χ3v) is 2.56. The fourth-order valence-electron chi connectivity index (χ4n) is 1.68. The predicted octanol–water partition coefficient (Wildman–Crippen LogP) is 2.98. The Morgan fingerprint density at radius 3 is 2.50 bits per heavy atom. The first kappa shape index (κ1) is 12.8. The minimum absolute atomic E-state index is 0.296. The number of rotatable bonds is 4. The van der Waals surface area contributed by atoms with Crippen LogP contribution in [0.25, 0.3) is 0 Å². The van der Waals surface area contributed by atoms with Gasteiger partial charge in [0.15, 0.2) is 0 Å². The largest absolute Gasteiger partial charge is 0.378 e. The van der Waals surface area contributed by atoms with Gasteiger partial charge in [-0.1, -0.05) is 23.8 Å². The van der Waals surface area contributed by atoms with Crippen LogP contribution in [0.3, 0.4) is 0 Å². The number of likely N-dealkylation sites (N-methyl/N-ethyl adjacent to an activating group) is 1. The van der Waals surface area contributed by atoms with Crippen molar-refractivity contribution in [3.63, 3.8) is 0 Å². The molecule has 0 saturated heterocycles. The second-order valence-electron chi connectivity index (χ2n) is 4.50. The standard InChI is InChI=1S/C14H22N2/c1-11(2)9-14(15-3)12-7-6-8-13(10-12)16(4)5/h6-10,14-15H,1-5H3. The first-order valence-corrected chi connectivity index (χ1v) is 5.64. The van der Waals surface area contributed by atoms with Gasteiger partial charge in [0.2, 0.25) is 0 Å². The van der Waals surface area contributed by atoms with Gasteiger partial charge in [-0.05, 0) is 38.6 Å². The highest BCUT2D eigenvalue weighted by molar-refractivity contribution is 5.48. The fraction of sp³-hybridized carbons (Fsp3) is 0.429. The average molecular weight is 218 g/mol. The molecule has 0 radical (unpaired) electrons. The van der Waals surface area contributed by atoms with Crippen molar-refractivity contribution in [2.75, 3.05) is 26.0 Å². The summed E-state index contributed by atoms with van der Waals surface area (Å²) >= 11 is 0. The molecule has 1 atom stereocenters. The second-order valence-corrected chi connectivity index (χ2v) is 4.50. The van der Waals surface area contributed by atoms with E-state index in [1.807, 2.05) is 7.05 Å². The van der Waals surface area contributed by atoms with Gasteiger partial charge in [0.25, 0.3) is 0 Å². The van der Waals surface area contributed by atoms with Gasteiger partial charge in [0, 0.05) is 19.8 Å². The van der Waals surface area contributed by atoms with E-state index in [2.05, 4.69) is 68.5 Å². The molecule has 0 bridgehead atoms. The van der Waals surface area contributed by atoms with Crippen molar-refractivity contribution in [1.82, 2.24) is 5.32 Å². The maximum atomic E-state index is 3.32. The second kappa shape index (κ2) is 5.71. The van der Waals surface area contributed by atoms with Crippen LogP contribution in [0.1, 0.15) is 25.5 Å². The topological polar surface area (TPSA) is 15.3 Å². The van der Waals surface area contributed by atoms with Gasteiger partial charge < -0.3 is 10.2 Å². The normalized spacial score (nSPS) is 12.1. The third kappa shape index (κ3) is 3.38. The predicted molar refractivity (Wildman–Crippen MR) is 72.0 cm³/mol. The molecule has 1 aromatic carbocycles. The first-order valence-electron chi connectivity index (χ1n) is 5.64. The number of nitrogens with zero attached hydrogens (tertiary/aromatic N) is 1. The number of benzene rings is 1. The summed E-state index contributed by atoms with van der Waals surface area (Å²) in [6.07, 6.45) is 2.24. The van der Waals surface area contributed by atoms with Gasteiger partial charge >= 0.3 is 0 Å². The maximum Gasteiger partial charge on any atom is 0.0507 e. The highest BCUT2D eigenvalue weighted by Crippen LogP contribution is 2.20. The number of nitrogens with one attached hydrogen (secondary N) is 1. The Morgan fingerprint density at radius 2 is 2.00 bits per heavy atom. The molecule has 0 saturated carbocycles. The van der Waals surface area contributed by atoms with Gasteiger partial charge in [0.05, 0.1) is 6.04 Å². The van der Waals surface area contributed by atoms with Crippen LogP contribution in [0.4, 0.5) is 5.69 Å². The lowest BCUT2D eigenvalue weighted by molar-refractivity contribution is 0.709. The van der Waals surface area contributed by atoms with Crippen molar-refractivity contribution < 1.29 is 0 Å². The van der Waals surface area contributed by atoms with Crippen LogP contribution in [-0.4, -0.2) is 21.1 Å². The minimum atomic E-state index is 0.296. The van der Waals surface area contributed by atoms with E-state index < -0.39 is 0 Å². The molecule has 1 aromatic rings. The highest BCUT2D eigenvalue weighted by Gasteiger charge is 2.06. The molecule has 0 amide bonds. The molecule has 0 fully saturated rings. The molecule has 1 rings (SSSR count). The number of allylic oxidation sites excluding steroid dienone is 1. The molecule has 2 nitrogen and oxygen atoms in total. The van der Waals surface area contributed by atoms with E-state index in [1.54, 1.807) is 0 Å². The van der Waals surface area contributed by atoms with Crippen molar-refractivity contribution in [1.29, 1.82) is 0 Å². The van der Waals surface area contributed by atoms with Crippen LogP contribution in [0.5, 0.6) is 0 Å². The summed E-state index contributed by atoms with van der Waals surface area (Å²) in [6.45, 7) is 4.25. The molecule has 0 aliphatic heterocycles. The molecule has 1 unspecified atom stereocenters. The molecule has 0 heterocycles. The summed E-state index contributed by atoms with van der Waals surface area (Å²) in [6, 6.07) is 8.91. The van der Waals surface area contributed by atoms with Gasteiger partial charge in [-0.25, -0.2) is 0 Å². The van der Waals surface area contributed by atoms with E-state index in [0.29, 0.717) is 6.04 Å². The number of anilines is 1. The Bertz CT molecular complexity index is 363. The van der Waals surface area contributed by atoms with Crippen molar-refractivity contribution in [3.05, 3.63) is 41.5 Å². The quantitative estimate of drug-likeness (QED) is 0.782. The first-order chi connectivity index (χ1) is 7.54. The SMILES string of the molecule is CNC(C=C(C)C)c1cccc(N(C)C)c1. The van der Waals surface area contributed by atoms with Crippen LogP contribution < -0.4 is 10.2 Å². The maximum absolute atomic E-state index is 3.32. The monoisotopic (exact) mass is 218 g/mol. The molecule has 16 heavy (non-hydrogen) atoms. The van der Waals surface area contributed by atoms with Crippen LogP contribution in [0, 0.1) is 0 Å². The Morgan fingerprint density at radius 1 is 1.31 bits per heavy atom. The number of hydrogen-bond acceptors (Lipinski definition) is 2. The summed E-state index contributed by atoms with van der Waals surface area (Å²) < 4.78 is 0. The lowest BCUT2D eigenvalue weighted by Crippen LogP contribution is -2.15. The molecule has 0 spiro atoms. The zero-order valence-corrected chi connectivity index (χ0v) is 10.9. The van der Waals surface area contributed by atoms with E-state index in [-0.39, 0.29) is 0 Å². The Labute approximate surface area is 99.0 Å². The summed E-state index contributed by atoms with van der Waals surface area (Å²) in [5, 5.41) is 3.32. The summed E-state index contributed by atoms with van der Waals surface area (Å²) in [7, 11) is 6.12. The van der Waals surface area contributed by atoms with Crippen molar-refractivity contribution >= 4 is 5.69 Å². The highest BCUT2D eigenvalue weighted by atomic mass is 15.1. The Balaban J connectivity index is 3.01. The molecule has 0 aromatic heterocycles. The van der Waals surface area contributed by atoms with E-state index in [1.165, 1.54) is 16.8 Å². The molecule has 2 heteroatoms. The van der Waals surface area contributed by atoms with Crippen LogP contribution in [0.15, 0.2) is 35.9 Å². The molecule has 1 N–H and O–H groups in total.